The molecule has 2 aromatic rings. The summed E-state index contributed by atoms with van der Waals surface area (Å²) in [5.74, 6) is 0. The third-order valence-electron chi connectivity index (χ3n) is 2.83. The van der Waals surface area contributed by atoms with Crippen LogP contribution in [0.1, 0.15) is 37.7 Å². The highest BCUT2D eigenvalue weighted by molar-refractivity contribution is 6.31. The average Bonchev–Trinajstić information content (AvgIpc) is 2.75. The topological polar surface area (TPSA) is 54.5 Å². The highest BCUT2D eigenvalue weighted by atomic mass is 35.5. The van der Waals surface area contributed by atoms with Crippen molar-refractivity contribution >= 4 is 11.6 Å². The first-order chi connectivity index (χ1) is 8.93. The lowest BCUT2D eigenvalue weighted by atomic mass is 9.90. The van der Waals surface area contributed by atoms with Crippen molar-refractivity contribution in [2.45, 2.75) is 32.7 Å². The molecule has 98 valence electrons. The summed E-state index contributed by atoms with van der Waals surface area (Å²) in [6.07, 6.45) is 0. The predicted molar refractivity (Wildman–Crippen MR) is 74.0 cm³/mol. The van der Waals surface area contributed by atoms with Crippen LogP contribution in [0.25, 0.3) is 0 Å². The number of aromatic nitrogens is 3. The van der Waals surface area contributed by atoms with Gasteiger partial charge in [-0.3, -0.25) is 0 Å². The first-order valence-electron chi connectivity index (χ1n) is 6.01. The molecule has 0 amide bonds. The standard InChI is InChI=1S/C14H15ClN4/c1-14(2,3)13-12(8-16)17-18-19(13)9-10-6-4-5-7-11(10)15/h4-7H,9H2,1-3H3. The Morgan fingerprint density at radius 1 is 1.32 bits per heavy atom. The van der Waals surface area contributed by atoms with Crippen molar-refractivity contribution in [3.05, 3.63) is 46.2 Å². The highest BCUT2D eigenvalue weighted by Gasteiger charge is 2.25. The van der Waals surface area contributed by atoms with Crippen molar-refractivity contribution in [2.24, 2.45) is 0 Å². The molecule has 0 aliphatic carbocycles. The first kappa shape index (κ1) is 13.6. The number of hydrogen-bond donors (Lipinski definition) is 0. The molecule has 1 heterocycles. The molecule has 0 spiro atoms. The molecule has 5 heteroatoms. The smallest absolute Gasteiger partial charge is 0.186 e. The summed E-state index contributed by atoms with van der Waals surface area (Å²) in [6.45, 7) is 6.63. The van der Waals surface area contributed by atoms with E-state index in [1.54, 1.807) is 4.68 Å². The van der Waals surface area contributed by atoms with Gasteiger partial charge in [-0.05, 0) is 11.6 Å². The summed E-state index contributed by atoms with van der Waals surface area (Å²) in [6, 6.07) is 9.70. The fourth-order valence-corrected chi connectivity index (χ4v) is 2.22. The fourth-order valence-electron chi connectivity index (χ4n) is 2.03. The molecule has 0 saturated carbocycles. The predicted octanol–water partition coefficient (Wildman–Crippen LogP) is 3.15. The van der Waals surface area contributed by atoms with E-state index >= 15 is 0 Å². The van der Waals surface area contributed by atoms with Crippen LogP contribution in [-0.2, 0) is 12.0 Å². The molecular formula is C14H15ClN4. The van der Waals surface area contributed by atoms with Crippen molar-refractivity contribution in [1.29, 1.82) is 5.26 Å². The van der Waals surface area contributed by atoms with Crippen LogP contribution in [0.4, 0.5) is 0 Å². The van der Waals surface area contributed by atoms with Gasteiger partial charge >= 0.3 is 0 Å². The SMILES string of the molecule is CC(C)(C)c1c(C#N)nnn1Cc1ccccc1Cl. The third kappa shape index (κ3) is 2.77. The van der Waals surface area contributed by atoms with E-state index < -0.39 is 0 Å². The Morgan fingerprint density at radius 2 is 2.00 bits per heavy atom. The van der Waals surface area contributed by atoms with Crippen LogP contribution < -0.4 is 0 Å². The minimum Gasteiger partial charge on any atom is -0.243 e. The third-order valence-corrected chi connectivity index (χ3v) is 3.20. The Labute approximate surface area is 117 Å². The van der Waals surface area contributed by atoms with Crippen LogP contribution in [0.2, 0.25) is 5.02 Å². The Morgan fingerprint density at radius 3 is 2.58 bits per heavy atom. The molecule has 0 radical (unpaired) electrons. The van der Waals surface area contributed by atoms with Gasteiger partial charge in [0.2, 0.25) is 0 Å². The Balaban J connectivity index is 2.45. The van der Waals surface area contributed by atoms with E-state index in [4.69, 9.17) is 16.9 Å². The molecular weight excluding hydrogens is 260 g/mol. The van der Waals surface area contributed by atoms with Crippen LogP contribution in [0.3, 0.4) is 0 Å². The molecule has 0 atom stereocenters. The molecule has 0 bridgehead atoms. The molecule has 0 aliphatic rings. The second-order valence-electron chi connectivity index (χ2n) is 5.40. The number of nitriles is 1. The number of hydrogen-bond acceptors (Lipinski definition) is 3. The van der Waals surface area contributed by atoms with E-state index in [9.17, 15) is 0 Å². The van der Waals surface area contributed by atoms with Gasteiger partial charge in [0, 0.05) is 10.4 Å². The summed E-state index contributed by atoms with van der Waals surface area (Å²) >= 11 is 6.15. The van der Waals surface area contributed by atoms with Crippen molar-refractivity contribution in [2.75, 3.05) is 0 Å². The van der Waals surface area contributed by atoms with E-state index in [0.717, 1.165) is 11.3 Å². The van der Waals surface area contributed by atoms with Crippen molar-refractivity contribution in [3.8, 4) is 6.07 Å². The lowest BCUT2D eigenvalue weighted by molar-refractivity contribution is 0.501. The zero-order valence-electron chi connectivity index (χ0n) is 11.2. The van der Waals surface area contributed by atoms with Crippen LogP contribution in [0, 0.1) is 11.3 Å². The molecule has 1 aromatic heterocycles. The molecule has 2 rings (SSSR count). The Hall–Kier alpha value is -1.86. The van der Waals surface area contributed by atoms with Crippen LogP contribution >= 0.6 is 11.6 Å². The van der Waals surface area contributed by atoms with Crippen LogP contribution in [0.15, 0.2) is 24.3 Å². The minimum atomic E-state index is -0.199. The van der Waals surface area contributed by atoms with Gasteiger partial charge in [-0.15, -0.1) is 5.10 Å². The molecule has 0 aliphatic heterocycles. The summed E-state index contributed by atoms with van der Waals surface area (Å²) in [4.78, 5) is 0. The summed E-state index contributed by atoms with van der Waals surface area (Å²) in [7, 11) is 0. The van der Waals surface area contributed by atoms with Gasteiger partial charge < -0.3 is 0 Å². The minimum absolute atomic E-state index is 0.199. The van der Waals surface area contributed by atoms with Crippen LogP contribution in [0.5, 0.6) is 0 Å². The van der Waals surface area contributed by atoms with Crippen LogP contribution in [-0.4, -0.2) is 15.0 Å². The normalized spacial score (nSPS) is 11.3. The maximum absolute atomic E-state index is 9.12. The van der Waals surface area contributed by atoms with Gasteiger partial charge in [0.1, 0.15) is 6.07 Å². The first-order valence-corrected chi connectivity index (χ1v) is 6.38. The average molecular weight is 275 g/mol. The maximum Gasteiger partial charge on any atom is 0.186 e. The van der Waals surface area contributed by atoms with E-state index in [2.05, 4.69) is 16.4 Å². The molecule has 0 unspecified atom stereocenters. The fraction of sp³-hybridized carbons (Fsp3) is 0.357. The van der Waals surface area contributed by atoms with Gasteiger partial charge in [0.15, 0.2) is 5.69 Å². The Kier molecular flexibility index (Phi) is 3.59. The second-order valence-corrected chi connectivity index (χ2v) is 5.80. The van der Waals surface area contributed by atoms with Gasteiger partial charge in [0.05, 0.1) is 12.2 Å². The molecule has 19 heavy (non-hydrogen) atoms. The number of benzene rings is 1. The monoisotopic (exact) mass is 274 g/mol. The number of rotatable bonds is 2. The summed E-state index contributed by atoms with van der Waals surface area (Å²) in [5, 5.41) is 17.8. The maximum atomic E-state index is 9.12. The van der Waals surface area contributed by atoms with Crippen molar-refractivity contribution in [3.63, 3.8) is 0 Å². The molecule has 1 aromatic carbocycles. The number of nitrogens with zero attached hydrogens (tertiary/aromatic N) is 4. The second kappa shape index (κ2) is 5.02. The zero-order valence-corrected chi connectivity index (χ0v) is 11.9. The molecule has 4 nitrogen and oxygen atoms in total. The van der Waals surface area contributed by atoms with Crippen molar-refractivity contribution in [1.82, 2.24) is 15.0 Å². The quantitative estimate of drug-likeness (QED) is 0.845. The van der Waals surface area contributed by atoms with E-state index in [0.29, 0.717) is 17.3 Å². The summed E-state index contributed by atoms with van der Waals surface area (Å²) in [5.41, 5.74) is 1.97. The lowest BCUT2D eigenvalue weighted by Gasteiger charge is -2.20. The zero-order chi connectivity index (χ0) is 14.0. The highest BCUT2D eigenvalue weighted by Crippen LogP contribution is 2.25. The summed E-state index contributed by atoms with van der Waals surface area (Å²) < 4.78 is 1.75. The van der Waals surface area contributed by atoms with Crippen molar-refractivity contribution < 1.29 is 0 Å². The van der Waals surface area contributed by atoms with E-state index in [1.165, 1.54) is 0 Å². The Bertz CT molecular complexity index is 632. The largest absolute Gasteiger partial charge is 0.243 e. The molecule has 0 N–H and O–H groups in total. The van der Waals surface area contributed by atoms with Gasteiger partial charge in [-0.1, -0.05) is 55.8 Å². The molecule has 0 saturated heterocycles. The van der Waals surface area contributed by atoms with Gasteiger partial charge in [-0.25, -0.2) is 4.68 Å². The van der Waals surface area contributed by atoms with Gasteiger partial charge in [0.25, 0.3) is 0 Å². The van der Waals surface area contributed by atoms with Gasteiger partial charge in [-0.2, -0.15) is 5.26 Å². The van der Waals surface area contributed by atoms with E-state index in [1.807, 2.05) is 45.0 Å². The van der Waals surface area contributed by atoms with E-state index in [-0.39, 0.29) is 5.41 Å². The lowest BCUT2D eigenvalue weighted by Crippen LogP contribution is -2.20. The molecule has 0 fully saturated rings. The number of halogens is 1.